The molecule has 1 aliphatic heterocycles. The van der Waals surface area contributed by atoms with E-state index in [1.165, 1.54) is 7.11 Å². The molecule has 2 atom stereocenters. The first-order valence-electron chi connectivity index (χ1n) is 6.33. The molecule has 0 spiro atoms. The van der Waals surface area contributed by atoms with Gasteiger partial charge in [0, 0.05) is 26.1 Å². The molecule has 0 aromatic heterocycles. The van der Waals surface area contributed by atoms with Gasteiger partial charge in [0.1, 0.15) is 18.0 Å². The number of carbonyl (C=O) groups is 2. The number of nitrogens with zero attached hydrogens (tertiary/aromatic N) is 1. The lowest BCUT2D eigenvalue weighted by molar-refractivity contribution is -0.120. The van der Waals surface area contributed by atoms with E-state index in [1.54, 1.807) is 4.90 Å². The van der Waals surface area contributed by atoms with Gasteiger partial charge in [-0.1, -0.05) is 0 Å². The number of hydrogen-bond acceptors (Lipinski definition) is 4. The highest BCUT2D eigenvalue weighted by Crippen LogP contribution is 2.22. The number of carbonyl (C=O) groups excluding carboxylic acids is 2. The molecular weight excluding hydrogens is 234 g/mol. The molecule has 5 nitrogen and oxygen atoms in total. The highest BCUT2D eigenvalue weighted by atomic mass is 16.6. The van der Waals surface area contributed by atoms with Crippen LogP contribution in [0.15, 0.2) is 0 Å². The lowest BCUT2D eigenvalue weighted by atomic mass is 9.93. The Morgan fingerprint density at radius 2 is 2.11 bits per heavy atom. The van der Waals surface area contributed by atoms with Crippen molar-refractivity contribution in [1.29, 1.82) is 0 Å². The molecule has 1 saturated heterocycles. The van der Waals surface area contributed by atoms with E-state index in [2.05, 4.69) is 0 Å². The summed E-state index contributed by atoms with van der Waals surface area (Å²) < 4.78 is 10.5. The molecule has 1 amide bonds. The highest BCUT2D eigenvalue weighted by molar-refractivity contribution is 5.68. The lowest BCUT2D eigenvalue weighted by Gasteiger charge is -2.35. The molecular formula is C13H23NO4. The Balaban J connectivity index is 2.58. The minimum atomic E-state index is -0.491. The first-order valence-corrected chi connectivity index (χ1v) is 6.33. The van der Waals surface area contributed by atoms with E-state index in [1.807, 2.05) is 20.8 Å². The summed E-state index contributed by atoms with van der Waals surface area (Å²) in [5.41, 5.74) is -0.491. The number of likely N-dealkylation sites (tertiary alicyclic amines) is 1. The van der Waals surface area contributed by atoms with E-state index in [9.17, 15) is 9.59 Å². The third-order valence-electron chi connectivity index (χ3n) is 2.98. The summed E-state index contributed by atoms with van der Waals surface area (Å²) in [7, 11) is 1.52. The Morgan fingerprint density at radius 3 is 2.61 bits per heavy atom. The number of rotatable bonds is 3. The number of ether oxygens (including phenoxy) is 2. The van der Waals surface area contributed by atoms with Gasteiger partial charge in [0.15, 0.2) is 0 Å². The summed E-state index contributed by atoms with van der Waals surface area (Å²) in [5.74, 6) is 0.0637. The predicted octanol–water partition coefficient (Wildman–Crippen LogP) is 1.85. The zero-order valence-electron chi connectivity index (χ0n) is 11.6. The number of amides is 1. The highest BCUT2D eigenvalue weighted by Gasteiger charge is 2.31. The molecule has 18 heavy (non-hydrogen) atoms. The Bertz CT molecular complexity index is 298. The summed E-state index contributed by atoms with van der Waals surface area (Å²) in [4.78, 5) is 24.5. The van der Waals surface area contributed by atoms with Gasteiger partial charge in [-0.15, -0.1) is 0 Å². The third kappa shape index (κ3) is 4.29. The first kappa shape index (κ1) is 15.0. The minimum Gasteiger partial charge on any atom is -0.444 e. The van der Waals surface area contributed by atoms with E-state index >= 15 is 0 Å². The van der Waals surface area contributed by atoms with Gasteiger partial charge in [0.05, 0.1) is 0 Å². The Morgan fingerprint density at radius 1 is 1.44 bits per heavy atom. The fourth-order valence-electron chi connectivity index (χ4n) is 2.13. The summed E-state index contributed by atoms with van der Waals surface area (Å²) >= 11 is 0. The van der Waals surface area contributed by atoms with Crippen molar-refractivity contribution < 1.29 is 19.1 Å². The monoisotopic (exact) mass is 257 g/mol. The Hall–Kier alpha value is -1.10. The molecule has 0 saturated carbocycles. The van der Waals surface area contributed by atoms with Gasteiger partial charge in [-0.05, 0) is 33.6 Å². The molecule has 5 heteroatoms. The molecule has 1 heterocycles. The van der Waals surface area contributed by atoms with Gasteiger partial charge in [0.25, 0.3) is 0 Å². The molecule has 0 radical (unpaired) electrons. The van der Waals surface area contributed by atoms with Crippen molar-refractivity contribution in [3.8, 4) is 0 Å². The summed E-state index contributed by atoms with van der Waals surface area (Å²) in [5, 5.41) is 0. The van der Waals surface area contributed by atoms with Crippen LogP contribution in [-0.2, 0) is 14.3 Å². The van der Waals surface area contributed by atoms with Crippen LogP contribution in [0.4, 0.5) is 4.79 Å². The number of methoxy groups -OCH3 is 1. The van der Waals surface area contributed by atoms with Crippen molar-refractivity contribution in [3.05, 3.63) is 0 Å². The lowest BCUT2D eigenvalue weighted by Crippen LogP contribution is -2.46. The van der Waals surface area contributed by atoms with Gasteiger partial charge >= 0.3 is 6.09 Å². The van der Waals surface area contributed by atoms with Crippen LogP contribution in [0, 0.1) is 5.92 Å². The Labute approximate surface area is 108 Å². The maximum absolute atomic E-state index is 11.9. The van der Waals surface area contributed by atoms with Crippen LogP contribution in [0.2, 0.25) is 0 Å². The van der Waals surface area contributed by atoms with Crippen molar-refractivity contribution in [1.82, 2.24) is 4.90 Å². The quantitative estimate of drug-likeness (QED) is 0.724. The minimum absolute atomic E-state index is 0.0637. The average molecular weight is 257 g/mol. The van der Waals surface area contributed by atoms with Gasteiger partial charge in [0.2, 0.25) is 0 Å². The fourth-order valence-corrected chi connectivity index (χ4v) is 2.13. The molecule has 2 unspecified atom stereocenters. The van der Waals surface area contributed by atoms with E-state index in [4.69, 9.17) is 9.47 Å². The van der Waals surface area contributed by atoms with Crippen molar-refractivity contribution in [2.24, 2.45) is 5.92 Å². The van der Waals surface area contributed by atoms with Crippen LogP contribution in [0.25, 0.3) is 0 Å². The van der Waals surface area contributed by atoms with Gasteiger partial charge < -0.3 is 19.2 Å². The molecule has 1 aliphatic rings. The van der Waals surface area contributed by atoms with Crippen LogP contribution in [0.1, 0.15) is 33.6 Å². The molecule has 104 valence electrons. The van der Waals surface area contributed by atoms with Gasteiger partial charge in [-0.25, -0.2) is 4.79 Å². The van der Waals surface area contributed by atoms with Crippen molar-refractivity contribution in [3.63, 3.8) is 0 Å². The number of hydrogen-bond donors (Lipinski definition) is 0. The molecule has 0 aromatic rings. The summed E-state index contributed by atoms with van der Waals surface area (Å²) in [6.45, 7) is 6.73. The molecule has 0 aliphatic carbocycles. The van der Waals surface area contributed by atoms with Crippen LogP contribution in [-0.4, -0.2) is 49.2 Å². The van der Waals surface area contributed by atoms with Gasteiger partial charge in [-0.2, -0.15) is 0 Å². The van der Waals surface area contributed by atoms with Crippen LogP contribution in [0.3, 0.4) is 0 Å². The Kier molecular flexibility index (Phi) is 5.14. The van der Waals surface area contributed by atoms with E-state index < -0.39 is 11.7 Å². The normalized spacial score (nSPS) is 22.4. The van der Waals surface area contributed by atoms with E-state index in [0.717, 1.165) is 19.1 Å². The maximum Gasteiger partial charge on any atom is 0.410 e. The first-order chi connectivity index (χ1) is 8.37. The predicted molar refractivity (Wildman–Crippen MR) is 67.4 cm³/mol. The second-order valence-electron chi connectivity index (χ2n) is 5.67. The fraction of sp³-hybridized carbons (Fsp3) is 0.846. The van der Waals surface area contributed by atoms with E-state index in [-0.39, 0.29) is 12.0 Å². The second-order valence-corrected chi connectivity index (χ2v) is 5.67. The number of piperidine rings is 1. The topological polar surface area (TPSA) is 55.8 Å². The molecule has 1 rings (SSSR count). The third-order valence-corrected chi connectivity index (χ3v) is 2.98. The van der Waals surface area contributed by atoms with Crippen LogP contribution in [0.5, 0.6) is 0 Å². The van der Waals surface area contributed by atoms with Gasteiger partial charge in [-0.3, -0.25) is 0 Å². The smallest absolute Gasteiger partial charge is 0.410 e. The SMILES string of the molecule is COC(C=O)C1CCCN(C(=O)OC(C)(C)C)C1. The summed E-state index contributed by atoms with van der Waals surface area (Å²) in [6, 6.07) is 0. The van der Waals surface area contributed by atoms with Crippen molar-refractivity contribution in [2.75, 3.05) is 20.2 Å². The molecule has 0 aromatic carbocycles. The number of aldehydes is 1. The molecule has 0 N–H and O–H groups in total. The second kappa shape index (κ2) is 6.18. The van der Waals surface area contributed by atoms with E-state index in [0.29, 0.717) is 13.1 Å². The molecule has 0 bridgehead atoms. The van der Waals surface area contributed by atoms with Crippen LogP contribution >= 0.6 is 0 Å². The zero-order chi connectivity index (χ0) is 13.8. The average Bonchev–Trinajstić information content (AvgIpc) is 2.29. The standard InChI is InChI=1S/C13H23NO4/c1-13(2,3)18-12(16)14-7-5-6-10(8-14)11(9-15)17-4/h9-11H,5-8H2,1-4H3. The van der Waals surface area contributed by atoms with Crippen molar-refractivity contribution in [2.45, 2.75) is 45.3 Å². The zero-order valence-corrected chi connectivity index (χ0v) is 11.6. The maximum atomic E-state index is 11.9. The van der Waals surface area contributed by atoms with Crippen LogP contribution < -0.4 is 0 Å². The largest absolute Gasteiger partial charge is 0.444 e. The molecule has 1 fully saturated rings. The van der Waals surface area contributed by atoms with Crippen molar-refractivity contribution >= 4 is 12.4 Å². The summed E-state index contributed by atoms with van der Waals surface area (Å²) in [6.07, 6.45) is 1.83.